The third-order valence-electron chi connectivity index (χ3n) is 2.46. The highest BCUT2D eigenvalue weighted by Gasteiger charge is 2.04. The minimum Gasteiger partial charge on any atom is -0.497 e. The van der Waals surface area contributed by atoms with Gasteiger partial charge in [0.15, 0.2) is 0 Å². The number of hydrogen-bond acceptors (Lipinski definition) is 3. The highest BCUT2D eigenvalue weighted by atomic mass is 79.9. The van der Waals surface area contributed by atoms with Crippen molar-refractivity contribution in [2.75, 3.05) is 18.2 Å². The van der Waals surface area contributed by atoms with Crippen LogP contribution in [-0.4, -0.2) is 7.11 Å². The first-order valence-electron chi connectivity index (χ1n) is 5.26. The van der Waals surface area contributed by atoms with Crippen LogP contribution in [0, 0.1) is 5.82 Å². The molecule has 0 aromatic heterocycles. The summed E-state index contributed by atoms with van der Waals surface area (Å²) in [6.07, 6.45) is 0. The standard InChI is InChI=1S/C13H12BrFN2O/c1-18-9-3-5-12(16)13(7-9)17-8-2-4-10(14)11(15)6-8/h2-7,17H,16H2,1H3. The van der Waals surface area contributed by atoms with Crippen LogP contribution in [0.1, 0.15) is 0 Å². The van der Waals surface area contributed by atoms with E-state index in [4.69, 9.17) is 10.5 Å². The average Bonchev–Trinajstić information content (AvgIpc) is 2.36. The molecule has 5 heteroatoms. The molecule has 0 amide bonds. The lowest BCUT2D eigenvalue weighted by atomic mass is 10.2. The van der Waals surface area contributed by atoms with Crippen molar-refractivity contribution >= 4 is 33.0 Å². The number of nitrogens with two attached hydrogens (primary N) is 1. The van der Waals surface area contributed by atoms with E-state index in [-0.39, 0.29) is 5.82 Å². The van der Waals surface area contributed by atoms with Gasteiger partial charge >= 0.3 is 0 Å². The first kappa shape index (κ1) is 12.7. The second-order valence-corrected chi connectivity index (χ2v) is 4.56. The molecule has 0 spiro atoms. The highest BCUT2D eigenvalue weighted by molar-refractivity contribution is 9.10. The van der Waals surface area contributed by atoms with E-state index in [1.807, 2.05) is 0 Å². The number of nitrogens with one attached hydrogen (secondary N) is 1. The van der Waals surface area contributed by atoms with Crippen molar-refractivity contribution in [1.82, 2.24) is 0 Å². The third kappa shape index (κ3) is 2.73. The van der Waals surface area contributed by atoms with Crippen molar-refractivity contribution in [3.05, 3.63) is 46.7 Å². The summed E-state index contributed by atoms with van der Waals surface area (Å²) >= 11 is 3.10. The van der Waals surface area contributed by atoms with E-state index in [0.29, 0.717) is 27.3 Å². The Morgan fingerprint density at radius 1 is 1.22 bits per heavy atom. The molecule has 2 rings (SSSR count). The van der Waals surface area contributed by atoms with Crippen LogP contribution < -0.4 is 15.8 Å². The summed E-state index contributed by atoms with van der Waals surface area (Å²) in [5, 5.41) is 3.05. The summed E-state index contributed by atoms with van der Waals surface area (Å²) in [4.78, 5) is 0. The molecule has 3 N–H and O–H groups in total. The van der Waals surface area contributed by atoms with Crippen LogP contribution in [0.3, 0.4) is 0 Å². The minimum atomic E-state index is -0.332. The SMILES string of the molecule is COc1ccc(N)c(Nc2ccc(Br)c(F)c2)c1. The molecule has 2 aromatic carbocycles. The van der Waals surface area contributed by atoms with Gasteiger partial charge in [-0.3, -0.25) is 0 Å². The smallest absolute Gasteiger partial charge is 0.139 e. The Labute approximate surface area is 113 Å². The normalized spacial score (nSPS) is 10.2. The number of methoxy groups -OCH3 is 1. The topological polar surface area (TPSA) is 47.3 Å². The molecule has 0 aliphatic rings. The molecule has 0 aliphatic carbocycles. The van der Waals surface area contributed by atoms with E-state index < -0.39 is 0 Å². The zero-order valence-electron chi connectivity index (χ0n) is 9.71. The minimum absolute atomic E-state index is 0.332. The van der Waals surface area contributed by atoms with Crippen LogP contribution in [0.5, 0.6) is 5.75 Å². The fraction of sp³-hybridized carbons (Fsp3) is 0.0769. The Balaban J connectivity index is 2.30. The summed E-state index contributed by atoms with van der Waals surface area (Å²) in [7, 11) is 1.58. The van der Waals surface area contributed by atoms with E-state index in [0.717, 1.165) is 0 Å². The number of hydrogen-bond donors (Lipinski definition) is 2. The van der Waals surface area contributed by atoms with Crippen molar-refractivity contribution < 1.29 is 9.13 Å². The van der Waals surface area contributed by atoms with Gasteiger partial charge in [-0.05, 0) is 46.3 Å². The van der Waals surface area contributed by atoms with Gasteiger partial charge in [0, 0.05) is 11.8 Å². The monoisotopic (exact) mass is 310 g/mol. The van der Waals surface area contributed by atoms with Crippen LogP contribution in [-0.2, 0) is 0 Å². The van der Waals surface area contributed by atoms with Crippen LogP contribution in [0.25, 0.3) is 0 Å². The summed E-state index contributed by atoms with van der Waals surface area (Å²) in [6.45, 7) is 0. The van der Waals surface area contributed by atoms with Crippen molar-refractivity contribution in [1.29, 1.82) is 0 Å². The molecule has 0 saturated carbocycles. The Hall–Kier alpha value is -1.75. The lowest BCUT2D eigenvalue weighted by molar-refractivity contribution is 0.415. The van der Waals surface area contributed by atoms with Gasteiger partial charge in [-0.2, -0.15) is 0 Å². The first-order chi connectivity index (χ1) is 8.60. The van der Waals surface area contributed by atoms with Gasteiger partial charge in [-0.1, -0.05) is 0 Å². The Morgan fingerprint density at radius 2 is 2.00 bits per heavy atom. The van der Waals surface area contributed by atoms with E-state index in [1.54, 1.807) is 37.4 Å². The van der Waals surface area contributed by atoms with E-state index >= 15 is 0 Å². The Kier molecular flexibility index (Phi) is 3.72. The molecular weight excluding hydrogens is 299 g/mol. The predicted molar refractivity (Wildman–Crippen MR) is 74.8 cm³/mol. The van der Waals surface area contributed by atoms with Gasteiger partial charge in [0.05, 0.1) is 23.0 Å². The van der Waals surface area contributed by atoms with Gasteiger partial charge < -0.3 is 15.8 Å². The lowest BCUT2D eigenvalue weighted by Crippen LogP contribution is -1.97. The molecule has 94 valence electrons. The van der Waals surface area contributed by atoms with E-state index in [2.05, 4.69) is 21.2 Å². The van der Waals surface area contributed by atoms with Gasteiger partial charge in [-0.15, -0.1) is 0 Å². The number of nitrogen functional groups attached to an aromatic ring is 1. The Morgan fingerprint density at radius 3 is 2.67 bits per heavy atom. The summed E-state index contributed by atoms with van der Waals surface area (Å²) in [5.74, 6) is 0.353. The first-order valence-corrected chi connectivity index (χ1v) is 6.05. The molecule has 0 bridgehead atoms. The zero-order valence-corrected chi connectivity index (χ0v) is 11.3. The predicted octanol–water partition coefficient (Wildman–Crippen LogP) is 3.92. The summed E-state index contributed by atoms with van der Waals surface area (Å²) in [5.41, 5.74) is 7.71. The lowest BCUT2D eigenvalue weighted by Gasteiger charge is -2.11. The molecule has 0 saturated heterocycles. The number of ether oxygens (including phenoxy) is 1. The maximum absolute atomic E-state index is 13.4. The number of anilines is 3. The molecular formula is C13H12BrFN2O. The van der Waals surface area contributed by atoms with Crippen LogP contribution >= 0.6 is 15.9 Å². The molecule has 0 heterocycles. The van der Waals surface area contributed by atoms with Crippen LogP contribution in [0.15, 0.2) is 40.9 Å². The molecule has 3 nitrogen and oxygen atoms in total. The molecule has 0 fully saturated rings. The molecule has 0 atom stereocenters. The fourth-order valence-corrected chi connectivity index (χ4v) is 1.75. The molecule has 2 aromatic rings. The summed E-state index contributed by atoms with van der Waals surface area (Å²) < 4.78 is 18.9. The highest BCUT2D eigenvalue weighted by Crippen LogP contribution is 2.28. The van der Waals surface area contributed by atoms with Gasteiger partial charge in [0.1, 0.15) is 11.6 Å². The number of rotatable bonds is 3. The van der Waals surface area contributed by atoms with Crippen molar-refractivity contribution in [3.8, 4) is 5.75 Å². The fourth-order valence-electron chi connectivity index (χ4n) is 1.50. The van der Waals surface area contributed by atoms with Crippen molar-refractivity contribution in [2.24, 2.45) is 0 Å². The molecule has 0 unspecified atom stereocenters. The maximum atomic E-state index is 13.4. The van der Waals surface area contributed by atoms with Crippen LogP contribution in [0.4, 0.5) is 21.5 Å². The quantitative estimate of drug-likeness (QED) is 0.845. The van der Waals surface area contributed by atoms with E-state index in [1.165, 1.54) is 6.07 Å². The summed E-state index contributed by atoms with van der Waals surface area (Å²) in [6, 6.07) is 10.0. The maximum Gasteiger partial charge on any atom is 0.139 e. The van der Waals surface area contributed by atoms with E-state index in [9.17, 15) is 4.39 Å². The van der Waals surface area contributed by atoms with Gasteiger partial charge in [0.2, 0.25) is 0 Å². The molecule has 0 radical (unpaired) electrons. The molecule has 18 heavy (non-hydrogen) atoms. The number of halogens is 2. The third-order valence-corrected chi connectivity index (χ3v) is 3.10. The average molecular weight is 311 g/mol. The second-order valence-electron chi connectivity index (χ2n) is 3.71. The van der Waals surface area contributed by atoms with Gasteiger partial charge in [0.25, 0.3) is 0 Å². The van der Waals surface area contributed by atoms with Crippen LogP contribution in [0.2, 0.25) is 0 Å². The van der Waals surface area contributed by atoms with Gasteiger partial charge in [-0.25, -0.2) is 4.39 Å². The second kappa shape index (κ2) is 5.27. The Bertz CT molecular complexity index is 575. The molecule has 0 aliphatic heterocycles. The van der Waals surface area contributed by atoms with Crippen molar-refractivity contribution in [3.63, 3.8) is 0 Å². The zero-order chi connectivity index (χ0) is 13.1. The largest absolute Gasteiger partial charge is 0.497 e. The number of benzene rings is 2. The van der Waals surface area contributed by atoms with Crippen molar-refractivity contribution in [2.45, 2.75) is 0 Å².